The van der Waals surface area contributed by atoms with Crippen LogP contribution in [0.2, 0.25) is 0 Å². The molecule has 0 aromatic heterocycles. The van der Waals surface area contributed by atoms with Crippen molar-refractivity contribution in [1.29, 1.82) is 0 Å². The second-order valence-corrected chi connectivity index (χ2v) is 6.91. The topological polar surface area (TPSA) is 71.5 Å². The Morgan fingerprint density at radius 1 is 1.12 bits per heavy atom. The van der Waals surface area contributed by atoms with Crippen molar-refractivity contribution >= 4 is 17.8 Å². The molecule has 8 nitrogen and oxygen atoms in total. The van der Waals surface area contributed by atoms with Crippen LogP contribution in [0.5, 0.6) is 0 Å². The summed E-state index contributed by atoms with van der Waals surface area (Å²) in [6, 6.07) is 0.0474. The van der Waals surface area contributed by atoms with Crippen LogP contribution in [0.4, 0.5) is 0 Å². The number of nitrogens with one attached hydrogen (secondary N) is 1. The molecular formula is C17H32N6O2. The zero-order valence-electron chi connectivity index (χ0n) is 16.0. The Morgan fingerprint density at radius 2 is 1.76 bits per heavy atom. The minimum Gasteiger partial charge on any atom is -0.357 e. The van der Waals surface area contributed by atoms with Gasteiger partial charge in [0.1, 0.15) is 6.54 Å². The molecule has 2 aliphatic rings. The molecule has 0 aromatic carbocycles. The maximum absolute atomic E-state index is 12.7. The lowest BCUT2D eigenvalue weighted by atomic mass is 10.2. The molecule has 0 saturated carbocycles. The molecule has 2 rings (SSSR count). The van der Waals surface area contributed by atoms with Crippen LogP contribution in [-0.2, 0) is 9.59 Å². The maximum atomic E-state index is 12.7. The fourth-order valence-corrected chi connectivity index (χ4v) is 3.28. The highest BCUT2D eigenvalue weighted by molar-refractivity contribution is 5.85. The summed E-state index contributed by atoms with van der Waals surface area (Å²) in [5.74, 6) is 0.987. The summed E-state index contributed by atoms with van der Waals surface area (Å²) in [6.07, 6.45) is 2.07. The third-order valence-electron chi connectivity index (χ3n) is 4.89. The summed E-state index contributed by atoms with van der Waals surface area (Å²) in [6.45, 7) is 6.80. The van der Waals surface area contributed by atoms with Gasteiger partial charge in [0.15, 0.2) is 5.96 Å². The van der Waals surface area contributed by atoms with Gasteiger partial charge in [-0.15, -0.1) is 0 Å². The maximum Gasteiger partial charge on any atom is 0.243 e. The Kier molecular flexibility index (Phi) is 7.04. The van der Waals surface area contributed by atoms with E-state index in [1.165, 1.54) is 0 Å². The minimum absolute atomic E-state index is 0.0199. The third kappa shape index (κ3) is 5.07. The first kappa shape index (κ1) is 19.5. The molecule has 2 saturated heterocycles. The van der Waals surface area contributed by atoms with Crippen molar-refractivity contribution in [1.82, 2.24) is 24.9 Å². The predicted octanol–water partition coefficient (Wildman–Crippen LogP) is -0.721. The van der Waals surface area contributed by atoms with E-state index in [2.05, 4.69) is 20.1 Å². The molecule has 1 unspecified atom stereocenters. The van der Waals surface area contributed by atoms with Gasteiger partial charge in [0.25, 0.3) is 0 Å². The van der Waals surface area contributed by atoms with E-state index in [-0.39, 0.29) is 24.4 Å². The van der Waals surface area contributed by atoms with Gasteiger partial charge >= 0.3 is 0 Å². The van der Waals surface area contributed by atoms with E-state index in [1.54, 1.807) is 19.0 Å². The van der Waals surface area contributed by atoms with Gasteiger partial charge in [-0.2, -0.15) is 0 Å². The first-order valence-electron chi connectivity index (χ1n) is 9.16. The lowest BCUT2D eigenvalue weighted by Gasteiger charge is -2.38. The fraction of sp³-hybridized carbons (Fsp3) is 0.824. The van der Waals surface area contributed by atoms with Crippen molar-refractivity contribution in [3.8, 4) is 0 Å². The molecule has 2 amide bonds. The van der Waals surface area contributed by atoms with Crippen molar-refractivity contribution < 1.29 is 9.59 Å². The number of nitrogens with zero attached hydrogens (tertiary/aromatic N) is 5. The summed E-state index contributed by atoms with van der Waals surface area (Å²) < 4.78 is 0. The lowest BCUT2D eigenvalue weighted by Crippen LogP contribution is -2.56. The smallest absolute Gasteiger partial charge is 0.243 e. The lowest BCUT2D eigenvalue weighted by molar-refractivity contribution is -0.136. The van der Waals surface area contributed by atoms with Crippen molar-refractivity contribution in [3.05, 3.63) is 0 Å². The van der Waals surface area contributed by atoms with Gasteiger partial charge in [0.05, 0.1) is 6.04 Å². The van der Waals surface area contributed by atoms with E-state index in [4.69, 9.17) is 0 Å². The van der Waals surface area contributed by atoms with Crippen LogP contribution in [-0.4, -0.2) is 110 Å². The number of carbonyl (C=O) groups excluding carboxylic acids is 2. The average Bonchev–Trinajstić information content (AvgIpc) is 3.03. The molecule has 2 aliphatic heterocycles. The minimum atomic E-state index is -0.0199. The Bertz CT molecular complexity index is 499. The summed E-state index contributed by atoms with van der Waals surface area (Å²) >= 11 is 0. The molecule has 142 valence electrons. The summed E-state index contributed by atoms with van der Waals surface area (Å²) in [7, 11) is 5.49. The Labute approximate surface area is 150 Å². The van der Waals surface area contributed by atoms with Crippen LogP contribution >= 0.6 is 0 Å². The number of hydrogen-bond donors (Lipinski definition) is 1. The Morgan fingerprint density at radius 3 is 2.28 bits per heavy atom. The van der Waals surface area contributed by atoms with E-state index < -0.39 is 0 Å². The monoisotopic (exact) mass is 352 g/mol. The fourth-order valence-electron chi connectivity index (χ4n) is 3.28. The largest absolute Gasteiger partial charge is 0.357 e. The SMILES string of the molecule is CCNC(=NCC(=O)N(C)C)N1CCN(C(=O)C2CCCN2C)CC1. The van der Waals surface area contributed by atoms with Crippen molar-refractivity contribution in [2.45, 2.75) is 25.8 Å². The zero-order chi connectivity index (χ0) is 18.4. The quantitative estimate of drug-likeness (QED) is 0.534. The standard InChI is InChI=1S/C17H32N6O2/c1-5-18-17(19-13-15(24)20(2)3)23-11-9-22(10-12-23)16(25)14-7-6-8-21(14)4/h14H,5-13H2,1-4H3,(H,18,19). The number of likely N-dealkylation sites (tertiary alicyclic amines) is 1. The van der Waals surface area contributed by atoms with Crippen LogP contribution in [0.25, 0.3) is 0 Å². The van der Waals surface area contributed by atoms with Crippen LogP contribution in [0, 0.1) is 0 Å². The highest BCUT2D eigenvalue weighted by Crippen LogP contribution is 2.18. The number of aliphatic imine (C=N–C) groups is 1. The molecule has 1 atom stereocenters. The molecule has 0 bridgehead atoms. The molecule has 2 fully saturated rings. The number of rotatable bonds is 4. The first-order chi connectivity index (χ1) is 11.9. The normalized spacial score (nSPS) is 22.2. The summed E-state index contributed by atoms with van der Waals surface area (Å²) in [5.41, 5.74) is 0. The van der Waals surface area contributed by atoms with Gasteiger partial charge in [0, 0.05) is 46.8 Å². The van der Waals surface area contributed by atoms with E-state index in [0.29, 0.717) is 13.1 Å². The molecule has 0 aliphatic carbocycles. The van der Waals surface area contributed by atoms with Crippen molar-refractivity contribution in [2.75, 3.05) is 67.0 Å². The Hall–Kier alpha value is -1.83. The average molecular weight is 352 g/mol. The van der Waals surface area contributed by atoms with Crippen LogP contribution in [0.15, 0.2) is 4.99 Å². The van der Waals surface area contributed by atoms with Crippen molar-refractivity contribution in [3.63, 3.8) is 0 Å². The number of carbonyl (C=O) groups is 2. The van der Waals surface area contributed by atoms with E-state index in [1.807, 2.05) is 18.9 Å². The Balaban J connectivity index is 1.90. The molecular weight excluding hydrogens is 320 g/mol. The predicted molar refractivity (Wildman–Crippen MR) is 98.5 cm³/mol. The molecule has 2 heterocycles. The number of guanidine groups is 1. The third-order valence-corrected chi connectivity index (χ3v) is 4.89. The number of hydrogen-bond acceptors (Lipinski definition) is 4. The summed E-state index contributed by atoms with van der Waals surface area (Å²) in [5, 5.41) is 3.25. The van der Waals surface area contributed by atoms with Crippen LogP contribution < -0.4 is 5.32 Å². The van der Waals surface area contributed by atoms with E-state index >= 15 is 0 Å². The van der Waals surface area contributed by atoms with E-state index in [9.17, 15) is 9.59 Å². The van der Waals surface area contributed by atoms with Gasteiger partial charge in [0.2, 0.25) is 11.8 Å². The molecule has 25 heavy (non-hydrogen) atoms. The van der Waals surface area contributed by atoms with Crippen LogP contribution in [0.3, 0.4) is 0 Å². The second kappa shape index (κ2) is 9.03. The van der Waals surface area contributed by atoms with Gasteiger partial charge < -0.3 is 20.0 Å². The van der Waals surface area contributed by atoms with Gasteiger partial charge in [-0.1, -0.05) is 0 Å². The van der Waals surface area contributed by atoms with E-state index in [0.717, 1.165) is 45.0 Å². The second-order valence-electron chi connectivity index (χ2n) is 6.91. The molecule has 0 radical (unpaired) electrons. The highest BCUT2D eigenvalue weighted by atomic mass is 16.2. The number of piperazine rings is 1. The first-order valence-corrected chi connectivity index (χ1v) is 9.16. The number of likely N-dealkylation sites (N-methyl/N-ethyl adjacent to an activating group) is 2. The van der Waals surface area contributed by atoms with Crippen LogP contribution in [0.1, 0.15) is 19.8 Å². The molecule has 0 aromatic rings. The number of amides is 2. The highest BCUT2D eigenvalue weighted by Gasteiger charge is 2.33. The van der Waals surface area contributed by atoms with Gasteiger partial charge in [-0.05, 0) is 33.4 Å². The zero-order valence-corrected chi connectivity index (χ0v) is 16.0. The summed E-state index contributed by atoms with van der Waals surface area (Å²) in [4.78, 5) is 36.7. The van der Waals surface area contributed by atoms with Gasteiger partial charge in [-0.3, -0.25) is 14.5 Å². The molecule has 1 N–H and O–H groups in total. The van der Waals surface area contributed by atoms with Crippen molar-refractivity contribution in [2.24, 2.45) is 4.99 Å². The molecule has 0 spiro atoms. The van der Waals surface area contributed by atoms with Gasteiger partial charge in [-0.25, -0.2) is 4.99 Å². The molecule has 8 heteroatoms.